The van der Waals surface area contributed by atoms with E-state index in [-0.39, 0.29) is 29.9 Å². The van der Waals surface area contributed by atoms with Crippen LogP contribution in [0.4, 0.5) is 0 Å². The fourth-order valence-electron chi connectivity index (χ4n) is 3.63. The molecule has 0 bridgehead atoms. The first-order chi connectivity index (χ1) is 12.7. The average Bonchev–Trinajstić information content (AvgIpc) is 3.15. The zero-order valence-electron chi connectivity index (χ0n) is 16.3. The van der Waals surface area contributed by atoms with Crippen LogP contribution in [0.2, 0.25) is 0 Å². The van der Waals surface area contributed by atoms with Crippen LogP contribution in [0.1, 0.15) is 29.7 Å². The van der Waals surface area contributed by atoms with Crippen LogP contribution in [-0.4, -0.2) is 68.6 Å². The van der Waals surface area contributed by atoms with Gasteiger partial charge in [-0.2, -0.15) is 0 Å². The quantitative estimate of drug-likeness (QED) is 0.379. The molecule has 2 aliphatic rings. The lowest BCUT2D eigenvalue weighted by molar-refractivity contribution is -0.130. The second-order valence-corrected chi connectivity index (χ2v) is 8.10. The summed E-state index contributed by atoms with van der Waals surface area (Å²) in [5.74, 6) is 1.67. The molecule has 6 nitrogen and oxygen atoms in total. The van der Waals surface area contributed by atoms with Gasteiger partial charge in [0.05, 0.1) is 6.54 Å². The third-order valence-electron chi connectivity index (χ3n) is 5.35. The first-order valence-corrected chi connectivity index (χ1v) is 10.4. The van der Waals surface area contributed by atoms with Crippen LogP contribution < -0.4 is 5.32 Å². The lowest BCUT2D eigenvalue weighted by Gasteiger charge is -2.29. The maximum atomic E-state index is 12.6. The predicted octanol–water partition coefficient (Wildman–Crippen LogP) is 2.57. The second-order valence-electron chi connectivity index (χ2n) is 7.10. The van der Waals surface area contributed by atoms with Gasteiger partial charge in [-0.05, 0) is 48.6 Å². The molecule has 0 aliphatic carbocycles. The summed E-state index contributed by atoms with van der Waals surface area (Å²) in [4.78, 5) is 22.4. The number of ether oxygens (including phenoxy) is 1. The second kappa shape index (κ2) is 11.2. The summed E-state index contributed by atoms with van der Waals surface area (Å²) in [6.45, 7) is 4.56. The van der Waals surface area contributed by atoms with Gasteiger partial charge in [0, 0.05) is 51.8 Å². The van der Waals surface area contributed by atoms with E-state index in [2.05, 4.69) is 26.7 Å². The molecule has 27 heavy (non-hydrogen) atoms. The molecule has 0 spiro atoms. The van der Waals surface area contributed by atoms with Gasteiger partial charge >= 0.3 is 0 Å². The van der Waals surface area contributed by atoms with Crippen LogP contribution in [0.3, 0.4) is 0 Å². The molecule has 1 N–H and O–H groups in total. The number of guanidine groups is 1. The van der Waals surface area contributed by atoms with Crippen molar-refractivity contribution in [3.8, 4) is 0 Å². The zero-order valence-corrected chi connectivity index (χ0v) is 19.4. The minimum absolute atomic E-state index is 0. The normalized spacial score (nSPS) is 17.9. The van der Waals surface area contributed by atoms with Crippen molar-refractivity contribution >= 4 is 47.2 Å². The summed E-state index contributed by atoms with van der Waals surface area (Å²) in [5, 5.41) is 5.35. The van der Waals surface area contributed by atoms with Crippen molar-refractivity contribution in [2.24, 2.45) is 10.9 Å². The Bertz CT molecular complexity index is 631. The molecule has 3 heterocycles. The standard InChI is InChI=1S/C19H30N4O2S.HI/c1-20-19(22(2)8-3-15-5-10-25-11-6-15)21-13-18(24)23-9-4-17-16(14-23)7-12-26-17;/h7,12,15H,3-6,8-11,13-14H2,1-2H3,(H,20,21);1H. The van der Waals surface area contributed by atoms with Crippen molar-refractivity contribution in [3.05, 3.63) is 21.9 Å². The third kappa shape index (κ3) is 6.32. The van der Waals surface area contributed by atoms with Gasteiger partial charge < -0.3 is 19.9 Å². The molecule has 2 aliphatic heterocycles. The first kappa shape index (κ1) is 22.4. The van der Waals surface area contributed by atoms with Crippen LogP contribution in [0.15, 0.2) is 16.4 Å². The number of nitrogens with zero attached hydrogens (tertiary/aromatic N) is 3. The Morgan fingerprint density at radius 1 is 1.44 bits per heavy atom. The van der Waals surface area contributed by atoms with E-state index in [0.29, 0.717) is 6.54 Å². The van der Waals surface area contributed by atoms with Crippen molar-refractivity contribution < 1.29 is 9.53 Å². The van der Waals surface area contributed by atoms with E-state index in [1.165, 1.54) is 10.4 Å². The van der Waals surface area contributed by atoms with E-state index in [1.54, 1.807) is 18.4 Å². The number of hydrogen-bond acceptors (Lipinski definition) is 4. The molecule has 1 saturated heterocycles. The molecule has 1 fully saturated rings. The largest absolute Gasteiger partial charge is 0.381 e. The highest BCUT2D eigenvalue weighted by Gasteiger charge is 2.22. The predicted molar refractivity (Wildman–Crippen MR) is 121 cm³/mol. The van der Waals surface area contributed by atoms with Crippen molar-refractivity contribution in [1.82, 2.24) is 15.1 Å². The van der Waals surface area contributed by atoms with Crippen molar-refractivity contribution in [2.45, 2.75) is 32.2 Å². The molecule has 1 aromatic heterocycles. The van der Waals surface area contributed by atoms with E-state index >= 15 is 0 Å². The maximum absolute atomic E-state index is 12.6. The summed E-state index contributed by atoms with van der Waals surface area (Å²) in [5.41, 5.74) is 1.30. The Balaban J connectivity index is 0.00000261. The summed E-state index contributed by atoms with van der Waals surface area (Å²) < 4.78 is 5.42. The Morgan fingerprint density at radius 2 is 2.22 bits per heavy atom. The van der Waals surface area contributed by atoms with Gasteiger partial charge in [0.1, 0.15) is 0 Å². The number of carbonyl (C=O) groups is 1. The van der Waals surface area contributed by atoms with E-state index in [9.17, 15) is 4.79 Å². The molecule has 0 aromatic carbocycles. The van der Waals surface area contributed by atoms with Gasteiger partial charge in [-0.1, -0.05) is 0 Å². The Labute approximate surface area is 183 Å². The summed E-state index contributed by atoms with van der Waals surface area (Å²) in [7, 11) is 3.81. The number of amides is 1. The van der Waals surface area contributed by atoms with E-state index in [1.807, 2.05) is 11.9 Å². The number of halogens is 1. The lowest BCUT2D eigenvalue weighted by atomic mass is 9.96. The van der Waals surface area contributed by atoms with E-state index in [4.69, 9.17) is 4.74 Å². The van der Waals surface area contributed by atoms with Gasteiger partial charge in [0.25, 0.3) is 0 Å². The number of nitrogens with one attached hydrogen (secondary N) is 1. The number of aliphatic imine (C=N–C) groups is 1. The molecule has 0 saturated carbocycles. The highest BCUT2D eigenvalue weighted by molar-refractivity contribution is 14.0. The molecule has 8 heteroatoms. The first-order valence-electron chi connectivity index (χ1n) is 9.50. The highest BCUT2D eigenvalue weighted by atomic mass is 127. The lowest BCUT2D eigenvalue weighted by Crippen LogP contribution is -2.46. The Hall–Kier alpha value is -0.870. The molecular weight excluding hydrogens is 475 g/mol. The molecular formula is C19H31IN4O2S. The molecule has 0 radical (unpaired) electrons. The van der Waals surface area contributed by atoms with Crippen molar-refractivity contribution in [2.75, 3.05) is 46.9 Å². The van der Waals surface area contributed by atoms with Gasteiger partial charge in [-0.3, -0.25) is 9.79 Å². The average molecular weight is 506 g/mol. The Kier molecular flexibility index (Phi) is 9.31. The third-order valence-corrected chi connectivity index (χ3v) is 6.37. The van der Waals surface area contributed by atoms with Crippen molar-refractivity contribution in [1.29, 1.82) is 0 Å². The summed E-state index contributed by atoms with van der Waals surface area (Å²) in [6, 6.07) is 2.13. The van der Waals surface area contributed by atoms with Gasteiger partial charge in [0.15, 0.2) is 5.96 Å². The molecule has 1 amide bonds. The number of carbonyl (C=O) groups excluding carboxylic acids is 1. The van der Waals surface area contributed by atoms with Crippen molar-refractivity contribution in [3.63, 3.8) is 0 Å². The van der Waals surface area contributed by atoms with Crippen LogP contribution in [-0.2, 0) is 22.5 Å². The van der Waals surface area contributed by atoms with Crippen LogP contribution in [0.5, 0.6) is 0 Å². The summed E-state index contributed by atoms with van der Waals surface area (Å²) >= 11 is 1.79. The maximum Gasteiger partial charge on any atom is 0.242 e. The number of fused-ring (bicyclic) bond motifs is 1. The van der Waals surface area contributed by atoms with Crippen LogP contribution >= 0.6 is 35.3 Å². The molecule has 0 atom stereocenters. The summed E-state index contributed by atoms with van der Waals surface area (Å²) in [6.07, 6.45) is 4.41. The van der Waals surface area contributed by atoms with Crippen LogP contribution in [0.25, 0.3) is 0 Å². The fourth-order valence-corrected chi connectivity index (χ4v) is 4.52. The zero-order chi connectivity index (χ0) is 18.4. The van der Waals surface area contributed by atoms with Gasteiger partial charge in [-0.15, -0.1) is 35.3 Å². The SMILES string of the molecule is CN=C(NCC(=O)N1CCc2sccc2C1)N(C)CCC1CCOCC1.I. The molecule has 3 rings (SSSR count). The molecule has 1 aromatic rings. The van der Waals surface area contributed by atoms with Gasteiger partial charge in [0.2, 0.25) is 5.91 Å². The number of hydrogen-bond donors (Lipinski definition) is 1. The molecule has 152 valence electrons. The topological polar surface area (TPSA) is 57.2 Å². The monoisotopic (exact) mass is 506 g/mol. The smallest absolute Gasteiger partial charge is 0.242 e. The van der Waals surface area contributed by atoms with E-state index in [0.717, 1.165) is 70.4 Å². The number of rotatable bonds is 5. The Morgan fingerprint density at radius 3 is 2.96 bits per heavy atom. The van der Waals surface area contributed by atoms with E-state index < -0.39 is 0 Å². The minimum atomic E-state index is 0. The van der Waals surface area contributed by atoms with Gasteiger partial charge in [-0.25, -0.2) is 0 Å². The van der Waals surface area contributed by atoms with Crippen LogP contribution in [0, 0.1) is 5.92 Å². The molecule has 0 unspecified atom stereocenters. The fraction of sp³-hybridized carbons (Fsp3) is 0.684. The number of thiophene rings is 1. The minimum Gasteiger partial charge on any atom is -0.381 e. The highest BCUT2D eigenvalue weighted by Crippen LogP contribution is 2.23.